The molecule has 0 amide bonds. The zero-order valence-electron chi connectivity index (χ0n) is 23.7. The molecule has 3 nitrogen and oxygen atoms in total. The maximum Gasteiger partial charge on any atom is 0.314 e. The van der Waals surface area contributed by atoms with Crippen LogP contribution in [0, 0.1) is 23.7 Å². The summed E-state index contributed by atoms with van der Waals surface area (Å²) in [4.78, 5) is 17.3. The van der Waals surface area contributed by atoms with Crippen molar-refractivity contribution in [3.05, 3.63) is 24.0 Å². The van der Waals surface area contributed by atoms with Gasteiger partial charge in [0.15, 0.2) is 0 Å². The number of aromatic nitrogens is 1. The largest absolute Gasteiger partial charge is 0.425 e. The number of esters is 1. The molecule has 0 spiro atoms. The molecule has 0 aliphatic heterocycles. The molecule has 3 rings (SSSR count). The minimum atomic E-state index is -0.0418. The number of unbranched alkanes of at least 4 members (excludes halogenated alkanes) is 7. The molecule has 0 unspecified atom stereocenters. The third-order valence-electron chi connectivity index (χ3n) is 9.15. The molecule has 0 atom stereocenters. The number of carbonyl (C=O) groups is 1. The van der Waals surface area contributed by atoms with Crippen LogP contribution in [0.1, 0.15) is 148 Å². The number of hydrogen-bond donors (Lipinski definition) is 0. The molecule has 3 heteroatoms. The van der Waals surface area contributed by atoms with Gasteiger partial charge in [-0.25, -0.2) is 0 Å². The van der Waals surface area contributed by atoms with Crippen molar-refractivity contribution in [3.63, 3.8) is 0 Å². The molecule has 1 aromatic rings. The minimum Gasteiger partial charge on any atom is -0.425 e. The normalized spacial score (nSPS) is 24.5. The average molecular weight is 498 g/mol. The summed E-state index contributed by atoms with van der Waals surface area (Å²) in [6, 6.07) is 3.96. The van der Waals surface area contributed by atoms with Gasteiger partial charge in [-0.1, -0.05) is 110 Å². The van der Waals surface area contributed by atoms with Gasteiger partial charge in [-0.3, -0.25) is 9.78 Å². The number of aryl methyl sites for hydroxylation is 1. The maximum absolute atomic E-state index is 12.7. The molecule has 0 saturated heterocycles. The van der Waals surface area contributed by atoms with Crippen LogP contribution in [0.15, 0.2) is 18.3 Å². The highest BCUT2D eigenvalue weighted by atomic mass is 16.5. The smallest absolute Gasteiger partial charge is 0.314 e. The molecule has 204 valence electrons. The van der Waals surface area contributed by atoms with Crippen LogP contribution in [0.4, 0.5) is 0 Å². The van der Waals surface area contributed by atoms with Gasteiger partial charge in [0, 0.05) is 5.69 Å². The first-order valence-electron chi connectivity index (χ1n) is 15.8. The molecule has 1 aromatic heterocycles. The Morgan fingerprint density at radius 2 is 1.28 bits per heavy atom. The van der Waals surface area contributed by atoms with Crippen LogP contribution in [0.5, 0.6) is 5.75 Å². The Hall–Kier alpha value is -1.38. The fourth-order valence-electron chi connectivity index (χ4n) is 6.56. The quantitative estimate of drug-likeness (QED) is 0.168. The van der Waals surface area contributed by atoms with Crippen molar-refractivity contribution in [1.82, 2.24) is 4.98 Å². The van der Waals surface area contributed by atoms with Gasteiger partial charge in [-0.2, -0.15) is 0 Å². The van der Waals surface area contributed by atoms with Crippen LogP contribution >= 0.6 is 0 Å². The molecule has 1 heterocycles. The Bertz CT molecular complexity index is 699. The first-order valence-corrected chi connectivity index (χ1v) is 15.8. The molecular formula is C33H55NO2. The number of ether oxygens (including phenoxy) is 1. The maximum atomic E-state index is 12.7. The number of nitrogens with zero attached hydrogens (tertiary/aromatic N) is 1. The van der Waals surface area contributed by atoms with Crippen LogP contribution < -0.4 is 4.74 Å². The number of carbonyl (C=O) groups excluding carboxylic acids is 1. The number of rotatable bonds is 16. The topological polar surface area (TPSA) is 39.2 Å². The molecule has 0 aromatic carbocycles. The second-order valence-electron chi connectivity index (χ2n) is 12.1. The van der Waals surface area contributed by atoms with Crippen molar-refractivity contribution >= 4 is 5.97 Å². The highest BCUT2D eigenvalue weighted by Gasteiger charge is 2.29. The van der Waals surface area contributed by atoms with Crippen molar-refractivity contribution in [3.8, 4) is 5.75 Å². The van der Waals surface area contributed by atoms with Gasteiger partial charge in [-0.05, 0) is 68.4 Å². The SMILES string of the molecule is CCCCCCCc1ccc(OC(=O)[C@H]2CC[C@H](CC[C@H]3CC[C@H](CCCCCC)CC3)CC2)cn1. The highest BCUT2D eigenvalue weighted by Crippen LogP contribution is 2.38. The Labute approximate surface area is 222 Å². The van der Waals surface area contributed by atoms with Gasteiger partial charge in [0.1, 0.15) is 5.75 Å². The fraction of sp³-hybridized carbons (Fsp3) is 0.818. The Morgan fingerprint density at radius 3 is 1.86 bits per heavy atom. The third kappa shape index (κ3) is 10.9. The monoisotopic (exact) mass is 497 g/mol. The summed E-state index contributed by atoms with van der Waals surface area (Å²) in [5.41, 5.74) is 1.10. The first kappa shape index (κ1) is 29.2. The lowest BCUT2D eigenvalue weighted by atomic mass is 9.75. The van der Waals surface area contributed by atoms with Gasteiger partial charge in [0.2, 0.25) is 0 Å². The summed E-state index contributed by atoms with van der Waals surface area (Å²) in [5, 5.41) is 0. The summed E-state index contributed by atoms with van der Waals surface area (Å²) < 4.78 is 5.71. The van der Waals surface area contributed by atoms with E-state index in [0.29, 0.717) is 5.75 Å². The molecule has 2 aliphatic rings. The summed E-state index contributed by atoms with van der Waals surface area (Å²) in [5.74, 6) is 3.44. The average Bonchev–Trinajstić information content (AvgIpc) is 2.92. The van der Waals surface area contributed by atoms with Gasteiger partial charge >= 0.3 is 5.97 Å². The Balaban J connectivity index is 1.25. The summed E-state index contributed by atoms with van der Waals surface area (Å²) in [6.07, 6.45) is 29.3. The number of pyridine rings is 1. The lowest BCUT2D eigenvalue weighted by Crippen LogP contribution is -2.26. The molecule has 0 radical (unpaired) electrons. The van der Waals surface area contributed by atoms with E-state index in [-0.39, 0.29) is 11.9 Å². The van der Waals surface area contributed by atoms with Crippen molar-refractivity contribution in [2.75, 3.05) is 0 Å². The van der Waals surface area contributed by atoms with Crippen LogP contribution in [-0.4, -0.2) is 11.0 Å². The highest BCUT2D eigenvalue weighted by molar-refractivity contribution is 5.75. The predicted octanol–water partition coefficient (Wildman–Crippen LogP) is 9.86. The van der Waals surface area contributed by atoms with E-state index in [4.69, 9.17) is 4.74 Å². The number of hydrogen-bond acceptors (Lipinski definition) is 3. The fourth-order valence-corrected chi connectivity index (χ4v) is 6.56. The van der Waals surface area contributed by atoms with Crippen molar-refractivity contribution in [2.45, 2.75) is 149 Å². The van der Waals surface area contributed by atoms with Crippen LogP contribution in [-0.2, 0) is 11.2 Å². The van der Waals surface area contributed by atoms with E-state index in [1.165, 1.54) is 116 Å². The zero-order chi connectivity index (χ0) is 25.4. The second-order valence-corrected chi connectivity index (χ2v) is 12.1. The summed E-state index contributed by atoms with van der Waals surface area (Å²) >= 11 is 0. The molecule has 0 bridgehead atoms. The first-order chi connectivity index (χ1) is 17.7. The van der Waals surface area contributed by atoms with E-state index < -0.39 is 0 Å². The lowest BCUT2D eigenvalue weighted by Gasteiger charge is -2.31. The predicted molar refractivity (Wildman–Crippen MR) is 151 cm³/mol. The van der Waals surface area contributed by atoms with Crippen molar-refractivity contribution in [2.24, 2.45) is 23.7 Å². The van der Waals surface area contributed by atoms with Crippen LogP contribution in [0.3, 0.4) is 0 Å². The third-order valence-corrected chi connectivity index (χ3v) is 9.15. The summed E-state index contributed by atoms with van der Waals surface area (Å²) in [6.45, 7) is 4.55. The molecular weight excluding hydrogens is 442 g/mol. The van der Waals surface area contributed by atoms with Crippen molar-refractivity contribution in [1.29, 1.82) is 0 Å². The van der Waals surface area contributed by atoms with Gasteiger partial charge < -0.3 is 4.74 Å². The van der Waals surface area contributed by atoms with Crippen molar-refractivity contribution < 1.29 is 9.53 Å². The zero-order valence-corrected chi connectivity index (χ0v) is 23.7. The Morgan fingerprint density at radius 1 is 0.722 bits per heavy atom. The lowest BCUT2D eigenvalue weighted by molar-refractivity contribution is -0.140. The van der Waals surface area contributed by atoms with Crippen LogP contribution in [0.25, 0.3) is 0 Å². The minimum absolute atomic E-state index is 0.0418. The molecule has 0 N–H and O–H groups in total. The molecule has 2 fully saturated rings. The second kappa shape index (κ2) is 17.2. The molecule has 36 heavy (non-hydrogen) atoms. The van der Waals surface area contributed by atoms with Crippen LogP contribution in [0.2, 0.25) is 0 Å². The Kier molecular flexibility index (Phi) is 13.9. The van der Waals surface area contributed by atoms with E-state index in [1.807, 2.05) is 12.1 Å². The standard InChI is InChI=1S/C33H55NO2/c1-3-5-7-9-11-13-31-24-25-32(26-34-31)36-33(35)30-22-20-29(21-23-30)19-18-28-16-14-27(15-17-28)12-10-8-6-4-2/h24-30H,3-23H2,1-2H3/t27-,28-,29-,30-. The van der Waals surface area contributed by atoms with E-state index in [2.05, 4.69) is 18.8 Å². The summed E-state index contributed by atoms with van der Waals surface area (Å²) in [7, 11) is 0. The molecule has 2 aliphatic carbocycles. The van der Waals surface area contributed by atoms with E-state index in [0.717, 1.165) is 42.7 Å². The molecule has 2 saturated carbocycles. The van der Waals surface area contributed by atoms with E-state index >= 15 is 0 Å². The van der Waals surface area contributed by atoms with Gasteiger partial charge in [0.05, 0.1) is 12.1 Å². The van der Waals surface area contributed by atoms with E-state index in [9.17, 15) is 4.79 Å². The van der Waals surface area contributed by atoms with Gasteiger partial charge in [0.25, 0.3) is 0 Å². The van der Waals surface area contributed by atoms with Gasteiger partial charge in [-0.15, -0.1) is 0 Å². The van der Waals surface area contributed by atoms with E-state index in [1.54, 1.807) is 6.20 Å².